The molecule has 1 atom stereocenters. The fourth-order valence-corrected chi connectivity index (χ4v) is 2.44. The molecule has 1 aliphatic heterocycles. The summed E-state index contributed by atoms with van der Waals surface area (Å²) in [6, 6.07) is 5.17. The Morgan fingerprint density at radius 1 is 1.50 bits per heavy atom. The van der Waals surface area contributed by atoms with Crippen LogP contribution in [0.25, 0.3) is 0 Å². The van der Waals surface area contributed by atoms with E-state index in [9.17, 15) is 9.50 Å². The molecule has 1 heterocycles. The molecule has 2 rings (SSSR count). The van der Waals surface area contributed by atoms with E-state index >= 15 is 0 Å². The summed E-state index contributed by atoms with van der Waals surface area (Å²) in [6.07, 6.45) is 1.50. The van der Waals surface area contributed by atoms with Crippen molar-refractivity contribution in [2.45, 2.75) is 32.4 Å². The Hall–Kier alpha value is -1.13. The molecular weight excluding hydrogens is 231 g/mol. The third kappa shape index (κ3) is 3.00. The van der Waals surface area contributed by atoms with Gasteiger partial charge in [-0.15, -0.1) is 0 Å². The largest absolute Gasteiger partial charge is 0.391 e. The molecule has 0 aromatic heterocycles. The van der Waals surface area contributed by atoms with Crippen LogP contribution in [-0.4, -0.2) is 30.8 Å². The molecule has 1 fully saturated rings. The summed E-state index contributed by atoms with van der Waals surface area (Å²) in [6.45, 7) is 4.84. The lowest BCUT2D eigenvalue weighted by Gasteiger charge is -2.33. The van der Waals surface area contributed by atoms with Crippen molar-refractivity contribution in [1.82, 2.24) is 5.32 Å². The van der Waals surface area contributed by atoms with Crippen molar-refractivity contribution in [3.8, 4) is 0 Å². The number of nitrogens with one attached hydrogen (secondary N) is 1. The van der Waals surface area contributed by atoms with Crippen molar-refractivity contribution in [2.75, 3.05) is 24.5 Å². The molecule has 0 saturated carbocycles. The summed E-state index contributed by atoms with van der Waals surface area (Å²) in [5.41, 5.74) is 1.61. The van der Waals surface area contributed by atoms with E-state index in [4.69, 9.17) is 0 Å². The predicted molar refractivity (Wildman–Crippen MR) is 71.2 cm³/mol. The van der Waals surface area contributed by atoms with Gasteiger partial charge in [0, 0.05) is 30.9 Å². The fraction of sp³-hybridized carbons (Fsp3) is 0.571. The Bertz CT molecular complexity index is 397. The molecule has 0 aliphatic carbocycles. The minimum Gasteiger partial charge on any atom is -0.391 e. The Kier molecular flexibility index (Phi) is 4.55. The molecule has 2 N–H and O–H groups in total. The number of rotatable bonds is 4. The van der Waals surface area contributed by atoms with E-state index in [-0.39, 0.29) is 11.9 Å². The second-order valence-electron chi connectivity index (χ2n) is 4.76. The molecule has 18 heavy (non-hydrogen) atoms. The van der Waals surface area contributed by atoms with Crippen LogP contribution in [-0.2, 0) is 6.54 Å². The first kappa shape index (κ1) is 13.3. The average molecular weight is 252 g/mol. The number of nitrogens with zero attached hydrogens (tertiary/aromatic N) is 1. The van der Waals surface area contributed by atoms with Crippen LogP contribution in [0.3, 0.4) is 0 Å². The summed E-state index contributed by atoms with van der Waals surface area (Å²) < 4.78 is 13.9. The van der Waals surface area contributed by atoms with Gasteiger partial charge in [-0.05, 0) is 31.5 Å². The number of anilines is 1. The number of hydrogen-bond acceptors (Lipinski definition) is 3. The first-order valence-electron chi connectivity index (χ1n) is 6.63. The highest BCUT2D eigenvalue weighted by Crippen LogP contribution is 2.26. The van der Waals surface area contributed by atoms with Crippen LogP contribution in [0.4, 0.5) is 10.1 Å². The normalized spacial score (nSPS) is 20.2. The standard InChI is InChI=1S/C14H21FN2O/c1-2-16-9-12-13(15)6-3-7-14(12)17-8-4-5-11(18)10-17/h3,6-7,11,16,18H,2,4-5,8-10H2,1H3. The molecule has 1 unspecified atom stereocenters. The smallest absolute Gasteiger partial charge is 0.129 e. The van der Waals surface area contributed by atoms with Crippen LogP contribution in [0, 0.1) is 5.82 Å². The molecule has 0 radical (unpaired) electrons. The Morgan fingerprint density at radius 3 is 3.06 bits per heavy atom. The lowest BCUT2D eigenvalue weighted by Crippen LogP contribution is -2.39. The van der Waals surface area contributed by atoms with Gasteiger partial charge in [0.1, 0.15) is 5.82 Å². The molecule has 1 aromatic carbocycles. The van der Waals surface area contributed by atoms with Gasteiger partial charge in [0.25, 0.3) is 0 Å². The molecule has 0 amide bonds. The molecule has 0 bridgehead atoms. The van der Waals surface area contributed by atoms with Crippen molar-refractivity contribution in [1.29, 1.82) is 0 Å². The first-order valence-corrected chi connectivity index (χ1v) is 6.63. The van der Waals surface area contributed by atoms with Crippen LogP contribution >= 0.6 is 0 Å². The SMILES string of the molecule is CCNCc1c(F)cccc1N1CCCC(O)C1. The van der Waals surface area contributed by atoms with Crippen molar-refractivity contribution in [2.24, 2.45) is 0 Å². The van der Waals surface area contributed by atoms with Gasteiger partial charge in [-0.2, -0.15) is 0 Å². The molecule has 1 aliphatic rings. The van der Waals surface area contributed by atoms with E-state index < -0.39 is 0 Å². The summed E-state index contributed by atoms with van der Waals surface area (Å²) in [7, 11) is 0. The number of β-amino-alcohol motifs (C(OH)–C–C–N with tert-alkyl or cyclic N) is 1. The monoisotopic (exact) mass is 252 g/mol. The second-order valence-corrected chi connectivity index (χ2v) is 4.76. The molecule has 1 aromatic rings. The number of halogens is 1. The van der Waals surface area contributed by atoms with Gasteiger partial charge in [0.05, 0.1) is 6.10 Å². The maximum atomic E-state index is 13.9. The van der Waals surface area contributed by atoms with Crippen molar-refractivity contribution < 1.29 is 9.50 Å². The van der Waals surface area contributed by atoms with E-state index in [1.165, 1.54) is 6.07 Å². The fourth-order valence-electron chi connectivity index (χ4n) is 2.44. The van der Waals surface area contributed by atoms with Gasteiger partial charge in [-0.3, -0.25) is 0 Å². The summed E-state index contributed by atoms with van der Waals surface area (Å²) in [5.74, 6) is -0.173. The molecule has 0 spiro atoms. The van der Waals surface area contributed by atoms with E-state index in [0.717, 1.165) is 31.6 Å². The number of piperidine rings is 1. The maximum Gasteiger partial charge on any atom is 0.129 e. The maximum absolute atomic E-state index is 13.9. The van der Waals surface area contributed by atoms with E-state index in [1.54, 1.807) is 6.07 Å². The van der Waals surface area contributed by atoms with Gasteiger partial charge in [0.15, 0.2) is 0 Å². The topological polar surface area (TPSA) is 35.5 Å². The van der Waals surface area contributed by atoms with Crippen LogP contribution in [0.1, 0.15) is 25.3 Å². The first-order chi connectivity index (χ1) is 8.72. The van der Waals surface area contributed by atoms with Crippen LogP contribution in [0.2, 0.25) is 0 Å². The lowest BCUT2D eigenvalue weighted by atomic mass is 10.0. The van der Waals surface area contributed by atoms with Gasteiger partial charge in [0.2, 0.25) is 0 Å². The Morgan fingerprint density at radius 2 is 2.33 bits per heavy atom. The number of aliphatic hydroxyl groups excluding tert-OH is 1. The lowest BCUT2D eigenvalue weighted by molar-refractivity contribution is 0.154. The van der Waals surface area contributed by atoms with Crippen LogP contribution in [0.5, 0.6) is 0 Å². The minimum absolute atomic E-state index is 0.173. The molecule has 1 saturated heterocycles. The van der Waals surface area contributed by atoms with E-state index in [2.05, 4.69) is 10.2 Å². The van der Waals surface area contributed by atoms with Gasteiger partial charge >= 0.3 is 0 Å². The summed E-state index contributed by atoms with van der Waals surface area (Å²) in [4.78, 5) is 2.09. The third-order valence-corrected chi connectivity index (χ3v) is 3.38. The zero-order valence-corrected chi connectivity index (χ0v) is 10.8. The zero-order chi connectivity index (χ0) is 13.0. The molecule has 4 heteroatoms. The van der Waals surface area contributed by atoms with Crippen molar-refractivity contribution in [3.63, 3.8) is 0 Å². The summed E-state index contributed by atoms with van der Waals surface area (Å²) in [5, 5.41) is 12.9. The van der Waals surface area contributed by atoms with Gasteiger partial charge in [-0.25, -0.2) is 4.39 Å². The highest BCUT2D eigenvalue weighted by Gasteiger charge is 2.21. The van der Waals surface area contributed by atoms with E-state index in [1.807, 2.05) is 13.0 Å². The van der Waals surface area contributed by atoms with Crippen molar-refractivity contribution in [3.05, 3.63) is 29.6 Å². The quantitative estimate of drug-likeness (QED) is 0.859. The summed E-state index contributed by atoms with van der Waals surface area (Å²) >= 11 is 0. The number of benzene rings is 1. The third-order valence-electron chi connectivity index (χ3n) is 3.38. The Balaban J connectivity index is 2.22. The van der Waals surface area contributed by atoms with E-state index in [0.29, 0.717) is 18.7 Å². The number of aliphatic hydroxyl groups is 1. The molecule has 3 nitrogen and oxygen atoms in total. The molecular formula is C14H21FN2O. The highest BCUT2D eigenvalue weighted by molar-refractivity contribution is 5.54. The predicted octanol–water partition coefficient (Wildman–Crippen LogP) is 1.90. The van der Waals surface area contributed by atoms with Crippen LogP contribution in [0.15, 0.2) is 18.2 Å². The van der Waals surface area contributed by atoms with Gasteiger partial charge in [-0.1, -0.05) is 13.0 Å². The van der Waals surface area contributed by atoms with Crippen molar-refractivity contribution >= 4 is 5.69 Å². The van der Waals surface area contributed by atoms with Gasteiger partial charge < -0.3 is 15.3 Å². The zero-order valence-electron chi connectivity index (χ0n) is 10.8. The second kappa shape index (κ2) is 6.16. The molecule has 100 valence electrons. The highest BCUT2D eigenvalue weighted by atomic mass is 19.1. The number of hydrogen-bond donors (Lipinski definition) is 2. The van der Waals surface area contributed by atoms with Crippen LogP contribution < -0.4 is 10.2 Å². The Labute approximate surface area is 108 Å². The minimum atomic E-state index is -0.297. The average Bonchev–Trinajstić information content (AvgIpc) is 2.37.